The third-order valence-corrected chi connectivity index (χ3v) is 6.43. The number of Topliss-reactive ketones (excluding diaryl/α,β-unsaturated/α-hetero) is 1. The lowest BCUT2D eigenvalue weighted by atomic mass is 10.1. The normalized spacial score (nSPS) is 15.6. The van der Waals surface area contributed by atoms with Crippen LogP contribution in [-0.2, 0) is 10.0 Å². The molecule has 1 heterocycles. The van der Waals surface area contributed by atoms with Gasteiger partial charge in [-0.3, -0.25) is 4.79 Å². The van der Waals surface area contributed by atoms with Gasteiger partial charge in [0.2, 0.25) is 10.0 Å². The van der Waals surface area contributed by atoms with Crippen LogP contribution in [0, 0.1) is 6.92 Å². The van der Waals surface area contributed by atoms with Crippen LogP contribution < -0.4 is 4.74 Å². The molecule has 0 N–H and O–H groups in total. The van der Waals surface area contributed by atoms with Gasteiger partial charge in [0.25, 0.3) is 0 Å². The second kappa shape index (κ2) is 8.01. The fourth-order valence-corrected chi connectivity index (χ4v) is 4.45. The summed E-state index contributed by atoms with van der Waals surface area (Å²) < 4.78 is 32.3. The smallest absolute Gasteiger partial charge is 0.243 e. The molecule has 3 rings (SSSR count). The van der Waals surface area contributed by atoms with Crippen LogP contribution in [0.25, 0.3) is 0 Å². The maximum atomic E-state index is 12.6. The lowest BCUT2D eigenvalue weighted by Gasteiger charge is -2.25. The second-order valence-electron chi connectivity index (χ2n) is 6.51. The maximum Gasteiger partial charge on any atom is 0.243 e. The van der Waals surface area contributed by atoms with Crippen molar-refractivity contribution in [2.75, 3.05) is 19.7 Å². The number of ether oxygens (including phenoxy) is 1. The van der Waals surface area contributed by atoms with E-state index in [2.05, 4.69) is 0 Å². The monoisotopic (exact) mass is 373 g/mol. The number of rotatable bonds is 6. The number of piperidine rings is 1. The van der Waals surface area contributed by atoms with E-state index in [1.807, 2.05) is 19.1 Å². The van der Waals surface area contributed by atoms with Gasteiger partial charge in [0.1, 0.15) is 5.75 Å². The zero-order chi connectivity index (χ0) is 18.6. The van der Waals surface area contributed by atoms with E-state index < -0.39 is 10.0 Å². The highest BCUT2D eigenvalue weighted by atomic mass is 32.2. The minimum Gasteiger partial charge on any atom is -0.485 e. The number of aryl methyl sites for hydroxylation is 1. The Kier molecular flexibility index (Phi) is 5.74. The largest absolute Gasteiger partial charge is 0.485 e. The van der Waals surface area contributed by atoms with Crippen molar-refractivity contribution in [1.29, 1.82) is 0 Å². The summed E-state index contributed by atoms with van der Waals surface area (Å²) in [6.07, 6.45) is 2.89. The van der Waals surface area contributed by atoms with Crippen LogP contribution in [0.3, 0.4) is 0 Å². The van der Waals surface area contributed by atoms with Crippen molar-refractivity contribution in [3.8, 4) is 5.75 Å². The van der Waals surface area contributed by atoms with Gasteiger partial charge in [0, 0.05) is 18.7 Å². The van der Waals surface area contributed by atoms with Crippen LogP contribution in [-0.4, -0.2) is 38.2 Å². The van der Waals surface area contributed by atoms with Gasteiger partial charge in [-0.25, -0.2) is 8.42 Å². The zero-order valence-corrected chi connectivity index (χ0v) is 15.7. The van der Waals surface area contributed by atoms with Crippen molar-refractivity contribution in [3.63, 3.8) is 0 Å². The molecule has 0 unspecified atom stereocenters. The van der Waals surface area contributed by atoms with Crippen molar-refractivity contribution >= 4 is 15.8 Å². The van der Waals surface area contributed by atoms with Crippen molar-refractivity contribution in [3.05, 3.63) is 59.7 Å². The molecule has 0 radical (unpaired) electrons. The summed E-state index contributed by atoms with van der Waals surface area (Å²) in [5.41, 5.74) is 1.69. The molecule has 2 aromatic rings. The molecule has 0 amide bonds. The predicted molar refractivity (Wildman–Crippen MR) is 100 cm³/mol. The summed E-state index contributed by atoms with van der Waals surface area (Å²) >= 11 is 0. The van der Waals surface area contributed by atoms with Crippen LogP contribution in [0.15, 0.2) is 53.4 Å². The van der Waals surface area contributed by atoms with Gasteiger partial charge in [0.05, 0.1) is 4.90 Å². The molecule has 0 aromatic heterocycles. The first-order valence-corrected chi connectivity index (χ1v) is 10.2. The van der Waals surface area contributed by atoms with Crippen LogP contribution in [0.5, 0.6) is 5.75 Å². The van der Waals surface area contributed by atoms with E-state index in [1.54, 1.807) is 24.3 Å². The van der Waals surface area contributed by atoms with Crippen LogP contribution in [0.4, 0.5) is 0 Å². The Morgan fingerprint density at radius 2 is 1.58 bits per heavy atom. The molecule has 0 aliphatic carbocycles. The molecular weight excluding hydrogens is 350 g/mol. The van der Waals surface area contributed by atoms with Crippen molar-refractivity contribution < 1.29 is 17.9 Å². The number of ketones is 1. The Morgan fingerprint density at radius 3 is 2.19 bits per heavy atom. The van der Waals surface area contributed by atoms with Gasteiger partial charge in [-0.1, -0.05) is 36.2 Å². The molecule has 0 saturated carbocycles. The third-order valence-electron chi connectivity index (χ3n) is 4.52. The molecule has 0 bridgehead atoms. The molecule has 0 atom stereocenters. The summed E-state index contributed by atoms with van der Waals surface area (Å²) in [6.45, 7) is 3.03. The molecule has 1 aliphatic heterocycles. The lowest BCUT2D eigenvalue weighted by molar-refractivity contribution is 0.0921. The number of hydrogen-bond acceptors (Lipinski definition) is 4. The van der Waals surface area contributed by atoms with Crippen molar-refractivity contribution in [2.45, 2.75) is 31.1 Å². The Balaban J connectivity index is 1.62. The Bertz CT molecular complexity index is 852. The Labute approximate surface area is 154 Å². The fraction of sp³-hybridized carbons (Fsp3) is 0.350. The first-order valence-electron chi connectivity index (χ1n) is 8.80. The Hall–Kier alpha value is -2.18. The molecule has 1 aliphatic rings. The standard InChI is InChI=1S/C20H23NO4S/c1-16-5-7-17(8-6-16)20(22)15-25-18-9-11-19(12-10-18)26(23,24)21-13-3-2-4-14-21/h5-12H,2-4,13-15H2,1H3. The number of carbonyl (C=O) groups is 1. The van der Waals surface area contributed by atoms with E-state index in [0.29, 0.717) is 24.4 Å². The van der Waals surface area contributed by atoms with E-state index in [4.69, 9.17) is 4.74 Å². The molecule has 1 fully saturated rings. The van der Waals surface area contributed by atoms with E-state index in [0.717, 1.165) is 24.8 Å². The van der Waals surface area contributed by atoms with Gasteiger partial charge in [-0.05, 0) is 44.0 Å². The first kappa shape index (κ1) is 18.6. The van der Waals surface area contributed by atoms with E-state index in [9.17, 15) is 13.2 Å². The maximum absolute atomic E-state index is 12.6. The van der Waals surface area contributed by atoms with E-state index in [-0.39, 0.29) is 17.3 Å². The number of benzene rings is 2. The molecule has 26 heavy (non-hydrogen) atoms. The summed E-state index contributed by atoms with van der Waals surface area (Å²) in [7, 11) is -3.45. The molecule has 2 aromatic carbocycles. The Morgan fingerprint density at radius 1 is 0.962 bits per heavy atom. The zero-order valence-electron chi connectivity index (χ0n) is 14.8. The summed E-state index contributed by atoms with van der Waals surface area (Å²) in [4.78, 5) is 12.4. The summed E-state index contributed by atoms with van der Waals surface area (Å²) in [5.74, 6) is 0.359. The van der Waals surface area contributed by atoms with E-state index in [1.165, 1.54) is 16.4 Å². The van der Waals surface area contributed by atoms with Gasteiger partial charge in [0.15, 0.2) is 12.4 Å². The van der Waals surface area contributed by atoms with Gasteiger partial charge >= 0.3 is 0 Å². The highest BCUT2D eigenvalue weighted by Gasteiger charge is 2.25. The SMILES string of the molecule is Cc1ccc(C(=O)COc2ccc(S(=O)(=O)N3CCCCC3)cc2)cc1. The van der Waals surface area contributed by atoms with Gasteiger partial charge in [-0.2, -0.15) is 4.31 Å². The lowest BCUT2D eigenvalue weighted by Crippen LogP contribution is -2.35. The number of nitrogens with zero attached hydrogens (tertiary/aromatic N) is 1. The second-order valence-corrected chi connectivity index (χ2v) is 8.45. The van der Waals surface area contributed by atoms with Crippen molar-refractivity contribution in [2.24, 2.45) is 0 Å². The molecular formula is C20H23NO4S. The molecule has 1 saturated heterocycles. The average molecular weight is 373 g/mol. The van der Waals surface area contributed by atoms with Crippen LogP contribution in [0.2, 0.25) is 0 Å². The van der Waals surface area contributed by atoms with E-state index >= 15 is 0 Å². The minimum absolute atomic E-state index is 0.0821. The number of hydrogen-bond donors (Lipinski definition) is 0. The highest BCUT2D eigenvalue weighted by Crippen LogP contribution is 2.22. The number of carbonyl (C=O) groups excluding carboxylic acids is 1. The first-order chi connectivity index (χ1) is 12.5. The molecule has 0 spiro atoms. The minimum atomic E-state index is -3.45. The fourth-order valence-electron chi connectivity index (χ4n) is 2.93. The summed E-state index contributed by atoms with van der Waals surface area (Å²) in [5, 5.41) is 0. The number of sulfonamides is 1. The average Bonchev–Trinajstić information content (AvgIpc) is 2.67. The third kappa shape index (κ3) is 4.31. The van der Waals surface area contributed by atoms with Gasteiger partial charge < -0.3 is 4.74 Å². The molecule has 138 valence electrons. The van der Waals surface area contributed by atoms with Gasteiger partial charge in [-0.15, -0.1) is 0 Å². The quantitative estimate of drug-likeness (QED) is 0.728. The highest BCUT2D eigenvalue weighted by molar-refractivity contribution is 7.89. The van der Waals surface area contributed by atoms with Crippen molar-refractivity contribution in [1.82, 2.24) is 4.31 Å². The summed E-state index contributed by atoms with van der Waals surface area (Å²) in [6, 6.07) is 13.6. The molecule has 6 heteroatoms. The molecule has 5 nitrogen and oxygen atoms in total. The predicted octanol–water partition coefficient (Wildman–Crippen LogP) is 3.43. The van der Waals surface area contributed by atoms with Crippen LogP contribution in [0.1, 0.15) is 35.2 Å². The van der Waals surface area contributed by atoms with Crippen LogP contribution >= 0.6 is 0 Å². The topological polar surface area (TPSA) is 63.7 Å².